The molecule has 0 N–H and O–H groups in total. The van der Waals surface area contributed by atoms with Gasteiger partial charge in [0, 0.05) is 19.9 Å². The van der Waals surface area contributed by atoms with Gasteiger partial charge in [-0.1, -0.05) is 23.7 Å². The zero-order chi connectivity index (χ0) is 12.6. The van der Waals surface area contributed by atoms with Crippen LogP contribution in [0.2, 0.25) is 5.02 Å². The smallest absolute Gasteiger partial charge is 0.204 e. The molecule has 1 aromatic heterocycles. The Morgan fingerprint density at radius 2 is 2.06 bits per heavy atom. The van der Waals surface area contributed by atoms with Gasteiger partial charge in [0.2, 0.25) is 5.78 Å². The lowest BCUT2D eigenvalue weighted by Gasteiger charge is -2.05. The predicted molar refractivity (Wildman–Crippen MR) is 76.4 cm³/mol. The molecule has 0 amide bonds. The molecule has 2 rings (SSSR count). The van der Waals surface area contributed by atoms with Gasteiger partial charge in [-0.15, -0.1) is 11.3 Å². The predicted octanol–water partition coefficient (Wildman–Crippen LogP) is 5.01. The van der Waals surface area contributed by atoms with E-state index in [1.165, 1.54) is 11.3 Å². The molecule has 1 heterocycles. The molecule has 0 aliphatic rings. The summed E-state index contributed by atoms with van der Waals surface area (Å²) in [6, 6.07) is 7.36. The molecule has 0 saturated carbocycles. The summed E-state index contributed by atoms with van der Waals surface area (Å²) in [4.78, 5) is 14.2. The number of halogens is 2. The number of aryl methyl sites for hydroxylation is 1. The van der Waals surface area contributed by atoms with E-state index in [0.717, 1.165) is 19.8 Å². The van der Waals surface area contributed by atoms with Crippen LogP contribution in [-0.2, 0) is 0 Å². The van der Waals surface area contributed by atoms with E-state index in [-0.39, 0.29) is 5.78 Å². The standard InChI is InChI=1S/C13H10BrClOS/c1-7-6-10(14)13(17-7)12(16)9-4-3-5-11(15)8(9)2/h3-6H,1-2H3. The molecule has 2 aromatic rings. The molecule has 0 unspecified atom stereocenters. The molecular formula is C13H10BrClOS. The van der Waals surface area contributed by atoms with E-state index < -0.39 is 0 Å². The second-order valence-electron chi connectivity index (χ2n) is 3.78. The molecule has 0 saturated heterocycles. The van der Waals surface area contributed by atoms with Crippen molar-refractivity contribution >= 4 is 44.7 Å². The number of ketones is 1. The van der Waals surface area contributed by atoms with Crippen LogP contribution >= 0.6 is 38.9 Å². The van der Waals surface area contributed by atoms with Crippen molar-refractivity contribution in [2.24, 2.45) is 0 Å². The highest BCUT2D eigenvalue weighted by molar-refractivity contribution is 9.10. The number of carbonyl (C=O) groups excluding carboxylic acids is 1. The average molecular weight is 330 g/mol. The molecule has 0 aliphatic heterocycles. The Morgan fingerprint density at radius 1 is 1.35 bits per heavy atom. The van der Waals surface area contributed by atoms with Crippen molar-refractivity contribution in [1.29, 1.82) is 0 Å². The third-order valence-electron chi connectivity index (χ3n) is 2.53. The van der Waals surface area contributed by atoms with Crippen molar-refractivity contribution in [1.82, 2.24) is 0 Å². The monoisotopic (exact) mass is 328 g/mol. The minimum absolute atomic E-state index is 0.0231. The SMILES string of the molecule is Cc1cc(Br)c(C(=O)c2cccc(Cl)c2C)s1. The van der Waals surface area contributed by atoms with Crippen molar-refractivity contribution in [3.8, 4) is 0 Å². The van der Waals surface area contributed by atoms with Gasteiger partial charge in [0.05, 0.1) is 4.88 Å². The summed E-state index contributed by atoms with van der Waals surface area (Å²) in [6.07, 6.45) is 0. The number of hydrogen-bond donors (Lipinski definition) is 0. The van der Waals surface area contributed by atoms with Crippen LogP contribution < -0.4 is 0 Å². The Labute approximate surface area is 118 Å². The maximum absolute atomic E-state index is 12.4. The largest absolute Gasteiger partial charge is 0.288 e. The molecule has 4 heteroatoms. The van der Waals surface area contributed by atoms with Crippen molar-refractivity contribution in [3.63, 3.8) is 0 Å². The molecule has 1 aromatic carbocycles. The first-order valence-electron chi connectivity index (χ1n) is 5.06. The van der Waals surface area contributed by atoms with E-state index in [1.54, 1.807) is 12.1 Å². The van der Waals surface area contributed by atoms with E-state index in [2.05, 4.69) is 15.9 Å². The highest BCUT2D eigenvalue weighted by Gasteiger charge is 2.18. The zero-order valence-corrected chi connectivity index (χ0v) is 12.5. The van der Waals surface area contributed by atoms with Crippen LogP contribution in [0.15, 0.2) is 28.7 Å². The van der Waals surface area contributed by atoms with Crippen LogP contribution in [0.5, 0.6) is 0 Å². The van der Waals surface area contributed by atoms with Crippen molar-refractivity contribution in [2.45, 2.75) is 13.8 Å². The Bertz CT molecular complexity index is 589. The van der Waals surface area contributed by atoms with Crippen LogP contribution in [-0.4, -0.2) is 5.78 Å². The van der Waals surface area contributed by atoms with Gasteiger partial charge in [-0.05, 0) is 47.5 Å². The lowest BCUT2D eigenvalue weighted by atomic mass is 10.0. The Balaban J connectivity index is 2.51. The van der Waals surface area contributed by atoms with E-state index >= 15 is 0 Å². The lowest BCUT2D eigenvalue weighted by molar-refractivity contribution is 0.104. The molecule has 0 aliphatic carbocycles. The minimum Gasteiger partial charge on any atom is -0.288 e. The third-order valence-corrected chi connectivity index (χ3v) is 4.88. The van der Waals surface area contributed by atoms with E-state index in [9.17, 15) is 4.79 Å². The number of benzene rings is 1. The second kappa shape index (κ2) is 4.92. The molecule has 0 atom stereocenters. The fourth-order valence-corrected chi connectivity index (χ4v) is 3.56. The van der Waals surface area contributed by atoms with Gasteiger partial charge in [-0.3, -0.25) is 4.79 Å². The Hall–Kier alpha value is -0.640. The number of rotatable bonds is 2. The number of hydrogen-bond acceptors (Lipinski definition) is 2. The first-order chi connectivity index (χ1) is 8.00. The average Bonchev–Trinajstić information content (AvgIpc) is 2.61. The summed E-state index contributed by atoms with van der Waals surface area (Å²) in [6.45, 7) is 3.85. The minimum atomic E-state index is 0.0231. The number of thiophene rings is 1. The first kappa shape index (κ1) is 12.8. The molecule has 0 fully saturated rings. The van der Waals surface area contributed by atoms with Crippen LogP contribution in [0.3, 0.4) is 0 Å². The third kappa shape index (κ3) is 2.46. The maximum Gasteiger partial charge on any atom is 0.204 e. The Morgan fingerprint density at radius 3 is 2.65 bits per heavy atom. The highest BCUT2D eigenvalue weighted by atomic mass is 79.9. The van der Waals surface area contributed by atoms with E-state index in [0.29, 0.717) is 10.6 Å². The van der Waals surface area contributed by atoms with Crippen molar-refractivity contribution < 1.29 is 4.79 Å². The normalized spacial score (nSPS) is 10.6. The fourth-order valence-electron chi connectivity index (χ4n) is 1.61. The molecule has 17 heavy (non-hydrogen) atoms. The zero-order valence-electron chi connectivity index (χ0n) is 9.38. The maximum atomic E-state index is 12.4. The second-order valence-corrected chi connectivity index (χ2v) is 6.29. The van der Waals surface area contributed by atoms with Gasteiger partial charge in [0.1, 0.15) is 0 Å². The van der Waals surface area contributed by atoms with Crippen LogP contribution in [0.4, 0.5) is 0 Å². The fraction of sp³-hybridized carbons (Fsp3) is 0.154. The quantitative estimate of drug-likeness (QED) is 0.708. The summed E-state index contributed by atoms with van der Waals surface area (Å²) < 4.78 is 0.851. The molecule has 0 radical (unpaired) electrons. The summed E-state index contributed by atoms with van der Waals surface area (Å²) in [5.41, 5.74) is 1.50. The molecule has 88 valence electrons. The molecular weight excluding hydrogens is 320 g/mol. The van der Waals surface area contributed by atoms with Crippen LogP contribution in [0.1, 0.15) is 25.7 Å². The molecule has 1 nitrogen and oxygen atoms in total. The number of carbonyl (C=O) groups is 1. The summed E-state index contributed by atoms with van der Waals surface area (Å²) in [5.74, 6) is 0.0231. The highest BCUT2D eigenvalue weighted by Crippen LogP contribution is 2.30. The van der Waals surface area contributed by atoms with Crippen molar-refractivity contribution in [2.75, 3.05) is 0 Å². The topological polar surface area (TPSA) is 17.1 Å². The van der Waals surface area contributed by atoms with E-state index in [4.69, 9.17) is 11.6 Å². The van der Waals surface area contributed by atoms with Gasteiger partial charge in [-0.2, -0.15) is 0 Å². The molecule has 0 bridgehead atoms. The van der Waals surface area contributed by atoms with Gasteiger partial charge < -0.3 is 0 Å². The Kier molecular flexibility index (Phi) is 3.71. The molecule has 0 spiro atoms. The van der Waals surface area contributed by atoms with Gasteiger partial charge in [0.25, 0.3) is 0 Å². The first-order valence-corrected chi connectivity index (χ1v) is 7.05. The van der Waals surface area contributed by atoms with Gasteiger partial charge >= 0.3 is 0 Å². The summed E-state index contributed by atoms with van der Waals surface area (Å²) >= 11 is 10.9. The van der Waals surface area contributed by atoms with Gasteiger partial charge in [0.15, 0.2) is 0 Å². The van der Waals surface area contributed by atoms with Crippen LogP contribution in [0.25, 0.3) is 0 Å². The van der Waals surface area contributed by atoms with E-state index in [1.807, 2.05) is 26.0 Å². The summed E-state index contributed by atoms with van der Waals surface area (Å²) in [7, 11) is 0. The summed E-state index contributed by atoms with van der Waals surface area (Å²) in [5, 5.41) is 0.625. The van der Waals surface area contributed by atoms with Gasteiger partial charge in [-0.25, -0.2) is 0 Å². The lowest BCUT2D eigenvalue weighted by Crippen LogP contribution is -2.02. The van der Waals surface area contributed by atoms with Crippen molar-refractivity contribution in [3.05, 3.63) is 54.6 Å². The van der Waals surface area contributed by atoms with Crippen LogP contribution in [0, 0.1) is 13.8 Å².